The monoisotopic (exact) mass is 198 g/mol. The highest BCUT2D eigenvalue weighted by Crippen LogP contribution is 2.27. The Bertz CT molecular complexity index is 213. The van der Waals surface area contributed by atoms with Crippen LogP contribution in [0, 0.1) is 0 Å². The van der Waals surface area contributed by atoms with E-state index in [0.29, 0.717) is 12.1 Å². The van der Waals surface area contributed by atoms with Crippen LogP contribution in [0.15, 0.2) is 0 Å². The number of hydrogen-bond acceptors (Lipinski definition) is 3. The maximum atomic E-state index is 11.0. The van der Waals surface area contributed by atoms with Gasteiger partial charge in [0.05, 0.1) is 5.54 Å². The van der Waals surface area contributed by atoms with E-state index in [1.165, 1.54) is 0 Å². The Balaban J connectivity index is 2.73. The van der Waals surface area contributed by atoms with Crippen molar-refractivity contribution in [3.05, 3.63) is 0 Å². The SMILES string of the molecule is CC1C(N(C)C)CCN1C(C)(C)C=O. The zero-order valence-electron chi connectivity index (χ0n) is 9.95. The highest BCUT2D eigenvalue weighted by molar-refractivity contribution is 5.62. The van der Waals surface area contributed by atoms with E-state index in [1.54, 1.807) is 0 Å². The maximum absolute atomic E-state index is 11.0. The molecule has 2 unspecified atom stereocenters. The van der Waals surface area contributed by atoms with Crippen LogP contribution in [0.3, 0.4) is 0 Å². The van der Waals surface area contributed by atoms with Gasteiger partial charge in [-0.25, -0.2) is 0 Å². The van der Waals surface area contributed by atoms with Crippen LogP contribution >= 0.6 is 0 Å². The molecule has 0 aliphatic carbocycles. The van der Waals surface area contributed by atoms with Crippen LogP contribution in [-0.4, -0.2) is 54.3 Å². The van der Waals surface area contributed by atoms with Crippen molar-refractivity contribution in [3.63, 3.8) is 0 Å². The maximum Gasteiger partial charge on any atom is 0.139 e. The molecule has 1 rings (SSSR count). The van der Waals surface area contributed by atoms with Gasteiger partial charge in [-0.2, -0.15) is 0 Å². The van der Waals surface area contributed by atoms with Crippen LogP contribution in [-0.2, 0) is 4.79 Å². The molecule has 1 aliphatic heterocycles. The van der Waals surface area contributed by atoms with Gasteiger partial charge in [0.25, 0.3) is 0 Å². The summed E-state index contributed by atoms with van der Waals surface area (Å²) in [4.78, 5) is 15.5. The largest absolute Gasteiger partial charge is 0.305 e. The van der Waals surface area contributed by atoms with Gasteiger partial charge in [-0.1, -0.05) is 0 Å². The normalized spacial score (nSPS) is 29.9. The molecule has 0 radical (unpaired) electrons. The number of rotatable bonds is 3. The molecule has 0 saturated carbocycles. The van der Waals surface area contributed by atoms with Crippen molar-refractivity contribution in [2.45, 2.75) is 44.8 Å². The molecule has 0 N–H and O–H groups in total. The second kappa shape index (κ2) is 3.99. The minimum absolute atomic E-state index is 0.315. The Hall–Kier alpha value is -0.410. The van der Waals surface area contributed by atoms with Gasteiger partial charge in [-0.15, -0.1) is 0 Å². The lowest BCUT2D eigenvalue weighted by atomic mass is 10.0. The average Bonchev–Trinajstić information content (AvgIpc) is 2.47. The molecule has 0 aromatic carbocycles. The van der Waals surface area contributed by atoms with E-state index in [2.05, 4.69) is 30.8 Å². The van der Waals surface area contributed by atoms with Crippen LogP contribution < -0.4 is 0 Å². The van der Waals surface area contributed by atoms with Gasteiger partial charge in [-0.3, -0.25) is 4.90 Å². The molecule has 1 saturated heterocycles. The summed E-state index contributed by atoms with van der Waals surface area (Å²) in [6.07, 6.45) is 2.22. The Kier molecular flexibility index (Phi) is 3.32. The molecule has 1 heterocycles. The van der Waals surface area contributed by atoms with E-state index in [-0.39, 0.29) is 5.54 Å². The zero-order chi connectivity index (χ0) is 10.9. The lowest BCUT2D eigenvalue weighted by Gasteiger charge is -2.36. The molecule has 2 atom stereocenters. The van der Waals surface area contributed by atoms with Crippen LogP contribution in [0.4, 0.5) is 0 Å². The van der Waals surface area contributed by atoms with Crippen LogP contribution in [0.25, 0.3) is 0 Å². The first-order chi connectivity index (χ1) is 6.40. The van der Waals surface area contributed by atoms with Crippen molar-refractivity contribution in [1.29, 1.82) is 0 Å². The lowest BCUT2D eigenvalue weighted by Crippen LogP contribution is -2.50. The fourth-order valence-corrected chi connectivity index (χ4v) is 2.49. The van der Waals surface area contributed by atoms with Gasteiger partial charge in [-0.05, 0) is 41.3 Å². The molecule has 0 bridgehead atoms. The summed E-state index contributed by atoms with van der Waals surface area (Å²) in [5.41, 5.74) is -0.315. The summed E-state index contributed by atoms with van der Waals surface area (Å²) in [6, 6.07) is 1.04. The molecule has 1 aliphatic rings. The van der Waals surface area contributed by atoms with Crippen molar-refractivity contribution < 1.29 is 4.79 Å². The van der Waals surface area contributed by atoms with Crippen LogP contribution in [0.1, 0.15) is 27.2 Å². The van der Waals surface area contributed by atoms with Gasteiger partial charge < -0.3 is 9.69 Å². The van der Waals surface area contributed by atoms with Crippen LogP contribution in [0.2, 0.25) is 0 Å². The summed E-state index contributed by atoms with van der Waals surface area (Å²) in [6.45, 7) is 7.22. The average molecular weight is 198 g/mol. The summed E-state index contributed by atoms with van der Waals surface area (Å²) >= 11 is 0. The van der Waals surface area contributed by atoms with Crippen molar-refractivity contribution in [2.24, 2.45) is 0 Å². The van der Waals surface area contributed by atoms with E-state index in [1.807, 2.05) is 13.8 Å². The molecule has 0 aromatic rings. The third-order valence-corrected chi connectivity index (χ3v) is 3.41. The quantitative estimate of drug-likeness (QED) is 0.632. The first kappa shape index (κ1) is 11.7. The second-order valence-corrected chi connectivity index (χ2v) is 5.03. The third kappa shape index (κ3) is 1.98. The smallest absolute Gasteiger partial charge is 0.139 e. The number of aldehydes is 1. The predicted molar refractivity (Wildman–Crippen MR) is 58.4 cm³/mol. The molecule has 82 valence electrons. The van der Waals surface area contributed by atoms with Crippen molar-refractivity contribution in [3.8, 4) is 0 Å². The summed E-state index contributed by atoms with van der Waals surface area (Å²) in [7, 11) is 4.22. The number of nitrogens with zero attached hydrogens (tertiary/aromatic N) is 2. The molecular formula is C11H22N2O. The summed E-state index contributed by atoms with van der Waals surface area (Å²) in [5, 5.41) is 0. The van der Waals surface area contributed by atoms with Crippen molar-refractivity contribution in [2.75, 3.05) is 20.6 Å². The Morgan fingerprint density at radius 3 is 2.36 bits per heavy atom. The summed E-state index contributed by atoms with van der Waals surface area (Å²) in [5.74, 6) is 0. The minimum Gasteiger partial charge on any atom is -0.305 e. The topological polar surface area (TPSA) is 23.6 Å². The van der Waals surface area contributed by atoms with E-state index in [9.17, 15) is 4.79 Å². The van der Waals surface area contributed by atoms with E-state index in [0.717, 1.165) is 19.3 Å². The van der Waals surface area contributed by atoms with E-state index >= 15 is 0 Å². The minimum atomic E-state index is -0.315. The lowest BCUT2D eigenvalue weighted by molar-refractivity contribution is -0.117. The van der Waals surface area contributed by atoms with Gasteiger partial charge in [0.1, 0.15) is 6.29 Å². The molecule has 14 heavy (non-hydrogen) atoms. The van der Waals surface area contributed by atoms with Crippen LogP contribution in [0.5, 0.6) is 0 Å². The fraction of sp³-hybridized carbons (Fsp3) is 0.909. The molecular weight excluding hydrogens is 176 g/mol. The van der Waals surface area contributed by atoms with Crippen molar-refractivity contribution in [1.82, 2.24) is 9.80 Å². The number of likely N-dealkylation sites (N-methyl/N-ethyl adjacent to an activating group) is 1. The van der Waals surface area contributed by atoms with E-state index in [4.69, 9.17) is 0 Å². The first-order valence-corrected chi connectivity index (χ1v) is 5.29. The second-order valence-electron chi connectivity index (χ2n) is 5.03. The van der Waals surface area contributed by atoms with Crippen molar-refractivity contribution >= 4 is 6.29 Å². The molecule has 3 nitrogen and oxygen atoms in total. The molecule has 3 heteroatoms. The summed E-state index contributed by atoms with van der Waals surface area (Å²) < 4.78 is 0. The van der Waals surface area contributed by atoms with Gasteiger partial charge in [0, 0.05) is 18.6 Å². The molecule has 1 fully saturated rings. The molecule has 0 aromatic heterocycles. The van der Waals surface area contributed by atoms with Gasteiger partial charge in [0.2, 0.25) is 0 Å². The van der Waals surface area contributed by atoms with Gasteiger partial charge in [0.15, 0.2) is 0 Å². The highest BCUT2D eigenvalue weighted by Gasteiger charge is 2.39. The number of carbonyl (C=O) groups is 1. The predicted octanol–water partition coefficient (Wildman–Crippen LogP) is 0.988. The molecule has 0 spiro atoms. The fourth-order valence-electron chi connectivity index (χ4n) is 2.49. The standard InChI is InChI=1S/C11H22N2O/c1-9-10(12(4)5)6-7-13(9)11(2,3)8-14/h8-10H,6-7H2,1-5H3. The number of likely N-dealkylation sites (tertiary alicyclic amines) is 1. The number of carbonyl (C=O) groups excluding carboxylic acids is 1. The van der Waals surface area contributed by atoms with E-state index < -0.39 is 0 Å². The first-order valence-electron chi connectivity index (χ1n) is 5.29. The third-order valence-electron chi connectivity index (χ3n) is 3.41. The Labute approximate surface area is 87.1 Å². The number of hydrogen-bond donors (Lipinski definition) is 0. The van der Waals surface area contributed by atoms with Gasteiger partial charge >= 0.3 is 0 Å². The molecule has 0 amide bonds. The zero-order valence-corrected chi connectivity index (χ0v) is 9.95. The Morgan fingerprint density at radius 1 is 1.43 bits per heavy atom. The Morgan fingerprint density at radius 2 is 2.00 bits per heavy atom. The highest BCUT2D eigenvalue weighted by atomic mass is 16.1.